The van der Waals surface area contributed by atoms with Gasteiger partial charge in [-0.15, -0.1) is 0 Å². The normalized spacial score (nSPS) is 20.3. The zero-order valence-electron chi connectivity index (χ0n) is 21.2. The molecule has 11 heteroatoms. The summed E-state index contributed by atoms with van der Waals surface area (Å²) in [6, 6.07) is 9.43. The molecule has 2 aliphatic rings. The fourth-order valence-corrected chi connectivity index (χ4v) is 5.53. The molecule has 1 unspecified atom stereocenters. The zero-order valence-corrected chi connectivity index (χ0v) is 21.2. The number of nitrogens with one attached hydrogen (secondary N) is 1. The molecule has 0 spiro atoms. The summed E-state index contributed by atoms with van der Waals surface area (Å²) in [6.45, 7) is 5.67. The molecule has 38 heavy (non-hydrogen) atoms. The highest BCUT2D eigenvalue weighted by Gasteiger charge is 2.54. The summed E-state index contributed by atoms with van der Waals surface area (Å²) in [5.41, 5.74) is 7.63. The molecular formula is C27H27F2N7O2. The molecule has 2 fully saturated rings. The molecule has 1 amide bonds. The van der Waals surface area contributed by atoms with Gasteiger partial charge in [0.1, 0.15) is 22.7 Å². The van der Waals surface area contributed by atoms with Gasteiger partial charge in [0.15, 0.2) is 11.6 Å². The number of aromatic nitrogens is 4. The van der Waals surface area contributed by atoms with Crippen LogP contribution < -0.4 is 21.5 Å². The van der Waals surface area contributed by atoms with E-state index in [1.165, 1.54) is 12.1 Å². The van der Waals surface area contributed by atoms with Gasteiger partial charge in [-0.3, -0.25) is 9.59 Å². The number of nitrogens with zero attached hydrogens (tertiary/aromatic N) is 5. The Balaban J connectivity index is 1.41. The average Bonchev–Trinajstić information content (AvgIpc) is 3.20. The van der Waals surface area contributed by atoms with Gasteiger partial charge in [0.2, 0.25) is 0 Å². The maximum absolute atomic E-state index is 14.4. The van der Waals surface area contributed by atoms with E-state index < -0.39 is 28.8 Å². The number of rotatable bonds is 5. The summed E-state index contributed by atoms with van der Waals surface area (Å²) in [5.74, 6) is -0.629. The second-order valence-corrected chi connectivity index (χ2v) is 10.3. The number of carbonyl (C=O) groups is 1. The van der Waals surface area contributed by atoms with Crippen LogP contribution in [0.2, 0.25) is 0 Å². The monoisotopic (exact) mass is 519 g/mol. The van der Waals surface area contributed by atoms with Gasteiger partial charge in [0.25, 0.3) is 11.5 Å². The van der Waals surface area contributed by atoms with Gasteiger partial charge in [-0.1, -0.05) is 19.9 Å². The fraction of sp³-hybridized carbons (Fsp3) is 0.333. The number of halogens is 2. The number of aryl methyl sites for hydroxylation is 1. The van der Waals surface area contributed by atoms with E-state index in [4.69, 9.17) is 10.7 Å². The number of fused-ring (bicyclic) bond motifs is 2. The van der Waals surface area contributed by atoms with Crippen LogP contribution in [-0.4, -0.2) is 44.4 Å². The topological polar surface area (TPSA) is 111 Å². The number of hydrogen-bond donors (Lipinski definition) is 2. The van der Waals surface area contributed by atoms with Crippen molar-refractivity contribution in [1.82, 2.24) is 19.3 Å². The molecule has 4 aromatic rings. The van der Waals surface area contributed by atoms with E-state index in [0.29, 0.717) is 22.2 Å². The summed E-state index contributed by atoms with van der Waals surface area (Å²) >= 11 is 0. The molecule has 3 atom stereocenters. The Hall–Kier alpha value is -4.12. The molecule has 0 radical (unpaired) electrons. The molecule has 6 rings (SSSR count). The molecule has 3 heterocycles. The summed E-state index contributed by atoms with van der Waals surface area (Å²) in [4.78, 5) is 32.9. The third kappa shape index (κ3) is 3.76. The molecule has 1 aliphatic heterocycles. The molecule has 3 N–H and O–H groups in total. The maximum atomic E-state index is 14.4. The average molecular weight is 520 g/mol. The van der Waals surface area contributed by atoms with Crippen LogP contribution in [0.3, 0.4) is 0 Å². The third-order valence-corrected chi connectivity index (χ3v) is 7.58. The van der Waals surface area contributed by atoms with Crippen LogP contribution >= 0.6 is 0 Å². The Kier molecular flexibility index (Phi) is 5.56. The molecule has 2 aromatic carbocycles. The molecule has 0 bridgehead atoms. The molecule has 1 saturated heterocycles. The van der Waals surface area contributed by atoms with Crippen molar-refractivity contribution in [3.05, 3.63) is 76.0 Å². The van der Waals surface area contributed by atoms with Crippen molar-refractivity contribution in [2.24, 2.45) is 24.6 Å². The first-order valence-corrected chi connectivity index (χ1v) is 12.5. The number of benzene rings is 2. The largest absolute Gasteiger partial charge is 0.367 e. The van der Waals surface area contributed by atoms with Crippen LogP contribution in [0.1, 0.15) is 36.1 Å². The van der Waals surface area contributed by atoms with Gasteiger partial charge >= 0.3 is 0 Å². The highest BCUT2D eigenvalue weighted by atomic mass is 19.1. The lowest BCUT2D eigenvalue weighted by atomic mass is 10.2. The van der Waals surface area contributed by atoms with Crippen LogP contribution in [-0.2, 0) is 7.05 Å². The minimum Gasteiger partial charge on any atom is -0.367 e. The maximum Gasteiger partial charge on any atom is 0.276 e. The smallest absolute Gasteiger partial charge is 0.276 e. The van der Waals surface area contributed by atoms with Crippen LogP contribution in [0.25, 0.3) is 16.7 Å². The van der Waals surface area contributed by atoms with Gasteiger partial charge in [-0.2, -0.15) is 9.78 Å². The van der Waals surface area contributed by atoms with Crippen LogP contribution in [0.4, 0.5) is 20.2 Å². The lowest BCUT2D eigenvalue weighted by Gasteiger charge is -2.25. The van der Waals surface area contributed by atoms with E-state index in [1.54, 1.807) is 0 Å². The minimum atomic E-state index is -0.966. The molecular weight excluding hydrogens is 492 g/mol. The van der Waals surface area contributed by atoms with Crippen LogP contribution in [0, 0.1) is 23.5 Å². The predicted octanol–water partition coefficient (Wildman–Crippen LogP) is 3.17. The minimum absolute atomic E-state index is 0.173. The van der Waals surface area contributed by atoms with E-state index >= 15 is 0 Å². The number of para-hydroxylation sites is 1. The predicted molar refractivity (Wildman–Crippen MR) is 140 cm³/mol. The molecule has 1 aliphatic carbocycles. The van der Waals surface area contributed by atoms with Crippen molar-refractivity contribution in [2.75, 3.05) is 23.3 Å². The Bertz CT molecular complexity index is 1630. The van der Waals surface area contributed by atoms with E-state index in [-0.39, 0.29) is 17.7 Å². The molecule has 9 nitrogen and oxygen atoms in total. The van der Waals surface area contributed by atoms with E-state index in [9.17, 15) is 18.4 Å². The number of piperidine rings is 1. The first-order chi connectivity index (χ1) is 18.2. The molecule has 196 valence electrons. The van der Waals surface area contributed by atoms with E-state index in [1.807, 2.05) is 19.2 Å². The first kappa shape index (κ1) is 24.2. The second-order valence-electron chi connectivity index (χ2n) is 10.3. The van der Waals surface area contributed by atoms with Gasteiger partial charge < -0.3 is 20.5 Å². The highest BCUT2D eigenvalue weighted by Crippen LogP contribution is 2.48. The lowest BCUT2D eigenvalue weighted by molar-refractivity contribution is 0.102. The standard InChI is InChI=1S/C27H27F2N7O2/c1-13(2)26-32-23-20(34(26)3)9-7-18(25(23)35-11-14-15(12-35)22(14)30)31-27(38)19-8-10-21(37)36(33-19)24-16(28)5-4-6-17(24)29/h4-10,13-15,22H,11-12,30H2,1-3H3,(H,31,38)/t14-,15+,22?. The third-order valence-electron chi connectivity index (χ3n) is 7.58. The van der Waals surface area contributed by atoms with Crippen LogP contribution in [0.15, 0.2) is 47.3 Å². The van der Waals surface area contributed by atoms with Gasteiger partial charge in [0, 0.05) is 38.2 Å². The molecule has 1 saturated carbocycles. The van der Waals surface area contributed by atoms with Crippen molar-refractivity contribution < 1.29 is 13.6 Å². The number of carbonyl (C=O) groups excluding carboxylic acids is 1. The first-order valence-electron chi connectivity index (χ1n) is 12.5. The fourth-order valence-electron chi connectivity index (χ4n) is 5.53. The zero-order chi connectivity index (χ0) is 26.9. The summed E-state index contributed by atoms with van der Waals surface area (Å²) in [7, 11) is 1.97. The lowest BCUT2D eigenvalue weighted by Crippen LogP contribution is -2.30. The quantitative estimate of drug-likeness (QED) is 0.419. The Labute approximate surface area is 216 Å². The van der Waals surface area contributed by atoms with Gasteiger partial charge in [0.05, 0.1) is 16.9 Å². The highest BCUT2D eigenvalue weighted by molar-refractivity contribution is 6.08. The second kappa shape index (κ2) is 8.73. The summed E-state index contributed by atoms with van der Waals surface area (Å²) < 4.78 is 31.3. The van der Waals surface area contributed by atoms with Crippen LogP contribution in [0.5, 0.6) is 0 Å². The van der Waals surface area contributed by atoms with E-state index in [0.717, 1.165) is 53.8 Å². The Morgan fingerprint density at radius 1 is 1.05 bits per heavy atom. The SMILES string of the molecule is CC(C)c1nc2c(N3C[C@@H]4C(N)[C@@H]4C3)c(NC(=O)c3ccc(=O)n(-c4c(F)cccc4F)n3)ccc2n1C. The van der Waals surface area contributed by atoms with Gasteiger partial charge in [-0.05, 0) is 42.2 Å². The Morgan fingerprint density at radius 2 is 1.74 bits per heavy atom. The van der Waals surface area contributed by atoms with Gasteiger partial charge in [-0.25, -0.2) is 13.8 Å². The van der Waals surface area contributed by atoms with E-state index in [2.05, 4.69) is 33.7 Å². The summed E-state index contributed by atoms with van der Waals surface area (Å²) in [6.07, 6.45) is 0. The number of nitrogens with two attached hydrogens (primary N) is 1. The Morgan fingerprint density at radius 3 is 2.39 bits per heavy atom. The van der Waals surface area contributed by atoms with Crippen molar-refractivity contribution in [2.45, 2.75) is 25.8 Å². The van der Waals surface area contributed by atoms with Crippen molar-refractivity contribution in [3.8, 4) is 5.69 Å². The number of imidazole rings is 1. The van der Waals surface area contributed by atoms with Crippen molar-refractivity contribution in [1.29, 1.82) is 0 Å². The molecule has 2 aromatic heterocycles. The number of hydrogen-bond acceptors (Lipinski definition) is 6. The van der Waals surface area contributed by atoms with Crippen molar-refractivity contribution in [3.63, 3.8) is 0 Å². The summed E-state index contributed by atoms with van der Waals surface area (Å²) in [5, 5.41) is 6.88. The number of amides is 1. The van der Waals surface area contributed by atoms with Crippen molar-refractivity contribution >= 4 is 28.3 Å². The number of anilines is 2.